The van der Waals surface area contributed by atoms with Crippen molar-refractivity contribution in [1.82, 2.24) is 5.32 Å². The molecule has 1 fully saturated rings. The molecular weight excluding hydrogens is 835 g/mol. The van der Waals surface area contributed by atoms with Crippen LogP contribution in [0.2, 0.25) is 0 Å². The number of rotatable bonds is 46. The van der Waals surface area contributed by atoms with Gasteiger partial charge in [-0.15, -0.1) is 0 Å². The number of ether oxygens (including phenoxy) is 2. The van der Waals surface area contributed by atoms with E-state index in [2.05, 4.69) is 55.6 Å². The van der Waals surface area contributed by atoms with Gasteiger partial charge in [0.15, 0.2) is 6.29 Å². The Labute approximate surface area is 403 Å². The van der Waals surface area contributed by atoms with E-state index in [1.807, 2.05) is 0 Å². The van der Waals surface area contributed by atoms with Gasteiger partial charge < -0.3 is 50.5 Å². The van der Waals surface area contributed by atoms with Crippen LogP contribution in [0.25, 0.3) is 0 Å². The fourth-order valence-electron chi connectivity index (χ4n) is 8.63. The van der Waals surface area contributed by atoms with Crippen LogP contribution >= 0.6 is 0 Å². The highest BCUT2D eigenvalue weighted by atomic mass is 16.7. The zero-order chi connectivity index (χ0) is 48.3. The Bertz CT molecular complexity index is 1170. The van der Waals surface area contributed by atoms with E-state index < -0.39 is 74.2 Å². The molecule has 11 heteroatoms. The van der Waals surface area contributed by atoms with Gasteiger partial charge >= 0.3 is 0 Å². The average Bonchev–Trinajstić information content (AvgIpc) is 3.32. The summed E-state index contributed by atoms with van der Waals surface area (Å²) < 4.78 is 11.1. The Morgan fingerprint density at radius 1 is 0.515 bits per heavy atom. The highest BCUT2D eigenvalue weighted by Gasteiger charge is 2.44. The first kappa shape index (κ1) is 62.3. The van der Waals surface area contributed by atoms with Gasteiger partial charge in [-0.1, -0.05) is 198 Å². The van der Waals surface area contributed by atoms with Gasteiger partial charge in [-0.3, -0.25) is 4.79 Å². The second-order valence-corrected chi connectivity index (χ2v) is 19.3. The molecule has 0 aromatic heterocycles. The molecule has 0 aliphatic carbocycles. The Balaban J connectivity index is 2.37. The number of hydrogen-bond acceptors (Lipinski definition) is 10. The zero-order valence-electron chi connectivity index (χ0n) is 42.2. The second-order valence-electron chi connectivity index (χ2n) is 19.3. The summed E-state index contributed by atoms with van der Waals surface area (Å²) >= 11 is 0. The predicted octanol–water partition coefficient (Wildman–Crippen LogP) is 10.7. The van der Waals surface area contributed by atoms with Crippen LogP contribution < -0.4 is 5.32 Å². The van der Waals surface area contributed by atoms with Crippen molar-refractivity contribution in [2.45, 2.75) is 294 Å². The van der Waals surface area contributed by atoms with E-state index in [-0.39, 0.29) is 12.8 Å². The number of carbonyl (C=O) groups excluding carboxylic acids is 1. The molecule has 66 heavy (non-hydrogen) atoms. The predicted molar refractivity (Wildman–Crippen MR) is 270 cm³/mol. The van der Waals surface area contributed by atoms with Crippen LogP contribution in [0.5, 0.6) is 0 Å². The first-order valence-electron chi connectivity index (χ1n) is 27.4. The van der Waals surface area contributed by atoms with Crippen molar-refractivity contribution in [3.63, 3.8) is 0 Å². The Morgan fingerprint density at radius 3 is 1.35 bits per heavy atom. The van der Waals surface area contributed by atoms with E-state index in [9.17, 15) is 40.5 Å². The van der Waals surface area contributed by atoms with Gasteiger partial charge in [0, 0.05) is 0 Å². The SMILES string of the molecule is CCCCCCCCC/C=C/CC/C=C/CCCC(O)C(O)C(COC1OC(CO)C(O)C(O)C1O)NC(=O)C(O)CCCCCCCCC/C=C\CCCCCCCCCCCCCC. The number of nitrogens with one attached hydrogen (secondary N) is 1. The third-order valence-electron chi connectivity index (χ3n) is 13.1. The molecular formula is C55H103NO10. The summed E-state index contributed by atoms with van der Waals surface area (Å²) in [7, 11) is 0. The van der Waals surface area contributed by atoms with Crippen LogP contribution in [0.3, 0.4) is 0 Å². The maximum atomic E-state index is 13.1. The molecule has 1 amide bonds. The normalized spacial score (nSPS) is 21.0. The lowest BCUT2D eigenvalue weighted by molar-refractivity contribution is -0.303. The van der Waals surface area contributed by atoms with Crippen molar-refractivity contribution in [2.75, 3.05) is 13.2 Å². The molecule has 0 saturated carbocycles. The summed E-state index contributed by atoms with van der Waals surface area (Å²) in [4.78, 5) is 13.1. The number of aliphatic hydroxyl groups is 7. The Kier molecular flexibility index (Phi) is 42.1. The van der Waals surface area contributed by atoms with E-state index in [0.29, 0.717) is 19.3 Å². The maximum Gasteiger partial charge on any atom is 0.249 e. The van der Waals surface area contributed by atoms with Gasteiger partial charge in [0.05, 0.1) is 25.4 Å². The highest BCUT2D eigenvalue weighted by molar-refractivity contribution is 5.80. The summed E-state index contributed by atoms with van der Waals surface area (Å²) in [6, 6.07) is -1.19. The Morgan fingerprint density at radius 2 is 0.909 bits per heavy atom. The van der Waals surface area contributed by atoms with Crippen molar-refractivity contribution in [3.05, 3.63) is 36.5 Å². The molecule has 0 aromatic carbocycles. The number of aliphatic hydroxyl groups excluding tert-OH is 7. The molecule has 1 aliphatic heterocycles. The molecule has 1 rings (SSSR count). The van der Waals surface area contributed by atoms with Crippen molar-refractivity contribution in [1.29, 1.82) is 0 Å². The molecule has 388 valence electrons. The lowest BCUT2D eigenvalue weighted by atomic mass is 9.98. The van der Waals surface area contributed by atoms with Crippen LogP contribution in [0.4, 0.5) is 0 Å². The largest absolute Gasteiger partial charge is 0.394 e. The third-order valence-corrected chi connectivity index (χ3v) is 13.1. The number of hydrogen-bond donors (Lipinski definition) is 8. The number of amides is 1. The fourth-order valence-corrected chi connectivity index (χ4v) is 8.63. The van der Waals surface area contributed by atoms with Crippen molar-refractivity contribution < 1.29 is 50.0 Å². The van der Waals surface area contributed by atoms with Crippen LogP contribution in [-0.2, 0) is 14.3 Å². The fraction of sp³-hybridized carbons (Fsp3) is 0.873. The van der Waals surface area contributed by atoms with Gasteiger partial charge in [-0.2, -0.15) is 0 Å². The molecule has 0 bridgehead atoms. The van der Waals surface area contributed by atoms with Gasteiger partial charge in [0.1, 0.15) is 36.6 Å². The molecule has 1 saturated heterocycles. The summed E-state index contributed by atoms with van der Waals surface area (Å²) in [6.07, 6.45) is 42.0. The van der Waals surface area contributed by atoms with Crippen LogP contribution in [-0.4, -0.2) is 110 Å². The minimum atomic E-state index is -1.67. The smallest absolute Gasteiger partial charge is 0.249 e. The second kappa shape index (κ2) is 44.5. The molecule has 8 N–H and O–H groups in total. The standard InChI is InChI=1S/C55H103NO10/c1-3-5-7-9-11-13-15-17-19-21-22-23-24-25-26-27-29-31-33-35-37-39-41-43-48(59)54(64)56-46(45-65-55-53(63)52(62)51(61)49(44-57)66-55)50(60)47(58)42-40-38-36-34-32-30-28-20-18-16-14-12-10-8-6-4-2/h20,25-26,28,34,36,46-53,55,57-63H,3-19,21-24,27,29-33,35,37-45H2,1-2H3,(H,56,64)/b26-25-,28-20+,36-34+. The zero-order valence-corrected chi connectivity index (χ0v) is 42.2. The monoisotopic (exact) mass is 938 g/mol. The van der Waals surface area contributed by atoms with Gasteiger partial charge in [-0.25, -0.2) is 0 Å². The topological polar surface area (TPSA) is 189 Å². The van der Waals surface area contributed by atoms with Crippen molar-refractivity contribution >= 4 is 5.91 Å². The van der Waals surface area contributed by atoms with Gasteiger partial charge in [0.25, 0.3) is 0 Å². The first-order chi connectivity index (χ1) is 32.2. The molecule has 1 heterocycles. The number of unbranched alkanes of at least 4 members (excludes halogenated alkanes) is 28. The summed E-state index contributed by atoms with van der Waals surface area (Å²) in [6.45, 7) is 3.43. The van der Waals surface area contributed by atoms with E-state index in [1.54, 1.807) is 0 Å². The Hall–Kier alpha value is -1.67. The third kappa shape index (κ3) is 33.0. The molecule has 9 atom stereocenters. The highest BCUT2D eigenvalue weighted by Crippen LogP contribution is 2.23. The van der Waals surface area contributed by atoms with E-state index in [4.69, 9.17) is 9.47 Å². The quantitative estimate of drug-likeness (QED) is 0.0215. The molecule has 1 aliphatic rings. The van der Waals surface area contributed by atoms with Gasteiger partial charge in [0.2, 0.25) is 5.91 Å². The minimum Gasteiger partial charge on any atom is -0.394 e. The van der Waals surface area contributed by atoms with Crippen molar-refractivity contribution in [3.8, 4) is 0 Å². The molecule has 9 unspecified atom stereocenters. The average molecular weight is 938 g/mol. The number of carbonyl (C=O) groups is 1. The van der Waals surface area contributed by atoms with E-state index in [1.165, 1.54) is 148 Å². The van der Waals surface area contributed by atoms with Crippen LogP contribution in [0, 0.1) is 0 Å². The summed E-state index contributed by atoms with van der Waals surface area (Å²) in [5, 5.41) is 75.9. The van der Waals surface area contributed by atoms with E-state index >= 15 is 0 Å². The minimum absolute atomic E-state index is 0.245. The molecule has 0 radical (unpaired) electrons. The van der Waals surface area contributed by atoms with Crippen LogP contribution in [0.1, 0.15) is 239 Å². The van der Waals surface area contributed by atoms with Gasteiger partial charge in [-0.05, 0) is 77.0 Å². The molecule has 0 aromatic rings. The lowest BCUT2D eigenvalue weighted by Crippen LogP contribution is -2.60. The maximum absolute atomic E-state index is 13.1. The van der Waals surface area contributed by atoms with Crippen LogP contribution in [0.15, 0.2) is 36.5 Å². The molecule has 11 nitrogen and oxygen atoms in total. The molecule has 0 spiro atoms. The number of allylic oxidation sites excluding steroid dienone is 6. The summed E-state index contributed by atoms with van der Waals surface area (Å²) in [5.41, 5.74) is 0. The summed E-state index contributed by atoms with van der Waals surface area (Å²) in [5.74, 6) is -0.713. The lowest BCUT2D eigenvalue weighted by Gasteiger charge is -2.40. The van der Waals surface area contributed by atoms with E-state index in [0.717, 1.165) is 44.9 Å². The first-order valence-corrected chi connectivity index (χ1v) is 27.4. The van der Waals surface area contributed by atoms with Crippen molar-refractivity contribution in [2.24, 2.45) is 0 Å².